The summed E-state index contributed by atoms with van der Waals surface area (Å²) in [5.41, 5.74) is 9.73. The fourth-order valence-electron chi connectivity index (χ4n) is 1.62. The van der Waals surface area contributed by atoms with Gasteiger partial charge in [-0.1, -0.05) is 28.1 Å². The maximum Gasteiger partial charge on any atom is 0.323 e. The molecule has 2 rings (SSSR count). The van der Waals surface area contributed by atoms with E-state index in [1.807, 2.05) is 24.3 Å². The molecule has 0 amide bonds. The molecular weight excluding hydrogens is 318 g/mol. The largest absolute Gasteiger partial charge is 0.468 e. The van der Waals surface area contributed by atoms with Gasteiger partial charge in [-0.2, -0.15) is 5.53 Å². The molecule has 1 fully saturated rings. The fraction of sp³-hybridized carbons (Fsp3) is 0.364. The second-order valence-electron chi connectivity index (χ2n) is 3.73. The van der Waals surface area contributed by atoms with E-state index in [1.165, 1.54) is 18.9 Å². The van der Waals surface area contributed by atoms with Crippen molar-refractivity contribution in [3.8, 4) is 0 Å². The minimum Gasteiger partial charge on any atom is -0.468 e. The van der Waals surface area contributed by atoms with Crippen LogP contribution in [0.1, 0.15) is 10.8 Å². The van der Waals surface area contributed by atoms with Crippen LogP contribution >= 0.6 is 27.7 Å². The van der Waals surface area contributed by atoms with Crippen molar-refractivity contribution in [2.24, 2.45) is 0 Å². The normalized spacial score (nSPS) is 20.7. The Hall–Kier alpha value is -0.600. The zero-order valence-corrected chi connectivity index (χ0v) is 12.2. The summed E-state index contributed by atoms with van der Waals surface area (Å²) in [6.07, 6.45) is 0. The van der Waals surface area contributed by atoms with Crippen LogP contribution in [0.4, 0.5) is 0 Å². The number of carbonyl (C=O) groups is 1. The van der Waals surface area contributed by atoms with Crippen molar-refractivity contribution in [3.63, 3.8) is 0 Å². The molecule has 0 bridgehead atoms. The van der Waals surface area contributed by atoms with E-state index in [2.05, 4.69) is 32.3 Å². The first-order valence-corrected chi connectivity index (χ1v) is 7.16. The van der Waals surface area contributed by atoms with Crippen LogP contribution in [0.15, 0.2) is 28.7 Å². The minimum atomic E-state index is -0.341. The molecule has 98 valence electrons. The first kappa shape index (κ1) is 13.8. The van der Waals surface area contributed by atoms with Gasteiger partial charge in [0.05, 0.1) is 12.5 Å². The van der Waals surface area contributed by atoms with Gasteiger partial charge in [0.25, 0.3) is 0 Å². The van der Waals surface area contributed by atoms with Gasteiger partial charge in [0.1, 0.15) is 5.25 Å². The maximum absolute atomic E-state index is 11.9. The third-order valence-corrected chi connectivity index (χ3v) is 4.32. The number of halogens is 1. The Labute approximate surface area is 118 Å². The van der Waals surface area contributed by atoms with Crippen molar-refractivity contribution in [2.45, 2.75) is 10.6 Å². The molecule has 0 aliphatic carbocycles. The van der Waals surface area contributed by atoms with E-state index in [0.29, 0.717) is 0 Å². The monoisotopic (exact) mass is 331 g/mol. The van der Waals surface area contributed by atoms with Crippen LogP contribution in [0.2, 0.25) is 0 Å². The van der Waals surface area contributed by atoms with Crippen LogP contribution < -0.4 is 16.4 Å². The lowest BCUT2D eigenvalue weighted by Gasteiger charge is -2.18. The summed E-state index contributed by atoms with van der Waals surface area (Å²) in [7, 11) is 1.41. The summed E-state index contributed by atoms with van der Waals surface area (Å²) in [4.78, 5) is 11.9. The van der Waals surface area contributed by atoms with Crippen LogP contribution in [0, 0.1) is 0 Å². The van der Waals surface area contributed by atoms with Crippen molar-refractivity contribution in [2.75, 3.05) is 13.7 Å². The van der Waals surface area contributed by atoms with Crippen LogP contribution in [0.25, 0.3) is 0 Å². The molecule has 7 heteroatoms. The van der Waals surface area contributed by atoms with Gasteiger partial charge >= 0.3 is 5.97 Å². The summed E-state index contributed by atoms with van der Waals surface area (Å²) < 4.78 is 5.82. The molecule has 1 aliphatic heterocycles. The first-order valence-electron chi connectivity index (χ1n) is 5.43. The maximum atomic E-state index is 11.9. The highest BCUT2D eigenvalue weighted by atomic mass is 79.9. The summed E-state index contributed by atoms with van der Waals surface area (Å²) >= 11 is 4.93. The zero-order chi connectivity index (χ0) is 13.0. The van der Waals surface area contributed by atoms with Crippen molar-refractivity contribution in [3.05, 3.63) is 34.3 Å². The van der Waals surface area contributed by atoms with E-state index in [4.69, 9.17) is 4.74 Å². The number of methoxy groups -OCH3 is 1. The topological polar surface area (TPSA) is 62.4 Å². The number of esters is 1. The molecule has 1 saturated heterocycles. The van der Waals surface area contributed by atoms with Crippen LogP contribution in [0.5, 0.6) is 0 Å². The highest BCUT2D eigenvalue weighted by Gasteiger charge is 2.27. The highest BCUT2D eigenvalue weighted by molar-refractivity contribution is 9.10. The first-order chi connectivity index (χ1) is 8.70. The van der Waals surface area contributed by atoms with Crippen LogP contribution in [-0.4, -0.2) is 25.0 Å². The number of rotatable bonds is 4. The summed E-state index contributed by atoms with van der Waals surface area (Å²) in [5, 5.41) is -0.222. The lowest BCUT2D eigenvalue weighted by Crippen LogP contribution is -2.32. The molecule has 5 nitrogen and oxygen atoms in total. The SMILES string of the molecule is COC(=O)C(SC1CNNN1)c1cccc(Br)c1. The molecule has 1 aliphatic rings. The lowest BCUT2D eigenvalue weighted by atomic mass is 10.1. The molecule has 0 spiro atoms. The van der Waals surface area contributed by atoms with Crippen molar-refractivity contribution < 1.29 is 9.53 Å². The number of nitrogens with one attached hydrogen (secondary N) is 3. The Kier molecular flexibility index (Phi) is 5.02. The Bertz CT molecular complexity index is 427. The van der Waals surface area contributed by atoms with Gasteiger partial charge in [0.2, 0.25) is 0 Å². The Balaban J connectivity index is 2.16. The second kappa shape index (κ2) is 6.53. The Morgan fingerprint density at radius 3 is 3.06 bits per heavy atom. The summed E-state index contributed by atoms with van der Waals surface area (Å²) in [5.74, 6) is -0.244. The smallest absolute Gasteiger partial charge is 0.323 e. The van der Waals surface area contributed by atoms with Crippen molar-refractivity contribution >= 4 is 33.7 Å². The minimum absolute atomic E-state index is 0.119. The molecule has 1 aromatic rings. The summed E-state index contributed by atoms with van der Waals surface area (Å²) in [6.45, 7) is 0.742. The fourth-order valence-corrected chi connectivity index (χ4v) is 3.18. The number of hydrazine groups is 2. The van der Waals surface area contributed by atoms with Crippen LogP contribution in [-0.2, 0) is 9.53 Å². The molecule has 0 radical (unpaired) electrons. The highest BCUT2D eigenvalue weighted by Crippen LogP contribution is 2.33. The molecule has 2 atom stereocenters. The van der Waals surface area contributed by atoms with Crippen molar-refractivity contribution in [1.82, 2.24) is 16.4 Å². The molecule has 1 heterocycles. The van der Waals surface area contributed by atoms with Gasteiger partial charge < -0.3 is 4.74 Å². The number of carbonyl (C=O) groups excluding carboxylic acids is 1. The molecular formula is C11H14BrN3O2S. The number of hydrogen-bond donors (Lipinski definition) is 3. The predicted molar refractivity (Wildman–Crippen MR) is 74.6 cm³/mol. The van der Waals surface area contributed by atoms with Crippen molar-refractivity contribution in [1.29, 1.82) is 0 Å². The number of ether oxygens (including phenoxy) is 1. The Morgan fingerprint density at radius 2 is 2.44 bits per heavy atom. The average molecular weight is 332 g/mol. The number of benzene rings is 1. The average Bonchev–Trinajstić information content (AvgIpc) is 2.88. The quantitative estimate of drug-likeness (QED) is 0.724. The van der Waals surface area contributed by atoms with E-state index < -0.39 is 0 Å². The van der Waals surface area contributed by atoms with E-state index in [0.717, 1.165) is 16.6 Å². The molecule has 1 aromatic carbocycles. The molecule has 2 unspecified atom stereocenters. The third kappa shape index (κ3) is 3.46. The van der Waals surface area contributed by atoms with Gasteiger partial charge in [-0.25, -0.2) is 10.9 Å². The van der Waals surface area contributed by atoms with E-state index in [9.17, 15) is 4.79 Å². The van der Waals surface area contributed by atoms with Gasteiger partial charge in [-0.05, 0) is 17.7 Å². The van der Waals surface area contributed by atoms with Gasteiger partial charge in [0.15, 0.2) is 0 Å². The van der Waals surface area contributed by atoms with E-state index >= 15 is 0 Å². The number of thioether (sulfide) groups is 1. The zero-order valence-electron chi connectivity index (χ0n) is 9.77. The summed E-state index contributed by atoms with van der Waals surface area (Å²) in [6, 6.07) is 7.70. The van der Waals surface area contributed by atoms with Gasteiger partial charge in [-0.3, -0.25) is 4.79 Å². The molecule has 0 aromatic heterocycles. The van der Waals surface area contributed by atoms with Crippen LogP contribution in [0.3, 0.4) is 0 Å². The second-order valence-corrected chi connectivity index (χ2v) is 5.96. The van der Waals surface area contributed by atoms with E-state index in [-0.39, 0.29) is 16.6 Å². The molecule has 0 saturated carbocycles. The number of hydrogen-bond acceptors (Lipinski definition) is 6. The Morgan fingerprint density at radius 1 is 1.61 bits per heavy atom. The lowest BCUT2D eigenvalue weighted by molar-refractivity contribution is -0.140. The predicted octanol–water partition coefficient (Wildman–Crippen LogP) is 1.33. The molecule has 18 heavy (non-hydrogen) atoms. The van der Waals surface area contributed by atoms with E-state index in [1.54, 1.807) is 0 Å². The van der Waals surface area contributed by atoms with Gasteiger partial charge in [0, 0.05) is 11.0 Å². The third-order valence-electron chi connectivity index (χ3n) is 2.48. The molecule has 3 N–H and O–H groups in total. The van der Waals surface area contributed by atoms with Gasteiger partial charge in [-0.15, -0.1) is 11.8 Å². The standard InChI is InChI=1S/C11H14BrN3O2S/c1-17-11(16)10(18-9-6-13-15-14-9)7-3-2-4-8(12)5-7/h2-5,9-10,13-15H,6H2,1H3.